The average Bonchev–Trinajstić information content (AvgIpc) is 2.41. The van der Waals surface area contributed by atoms with E-state index in [-0.39, 0.29) is 5.56 Å². The van der Waals surface area contributed by atoms with Crippen molar-refractivity contribution in [1.29, 1.82) is 0 Å². The normalized spacial score (nSPS) is 26.4. The molecule has 1 saturated carbocycles. The lowest BCUT2D eigenvalue weighted by Crippen LogP contribution is -2.30. The second kappa shape index (κ2) is 6.33. The van der Waals surface area contributed by atoms with Gasteiger partial charge in [-0.1, -0.05) is 19.8 Å². The largest absolute Gasteiger partial charge is 0.481 e. The summed E-state index contributed by atoms with van der Waals surface area (Å²) in [5, 5.41) is 9.33. The third kappa shape index (κ3) is 3.17. The van der Waals surface area contributed by atoms with E-state index in [0.29, 0.717) is 18.8 Å². The molecule has 0 aromatic heterocycles. The summed E-state index contributed by atoms with van der Waals surface area (Å²) >= 11 is 0. The zero-order valence-corrected chi connectivity index (χ0v) is 11.6. The Balaban J connectivity index is 2.31. The monoisotopic (exact) mass is 282 g/mol. The molecule has 110 valence electrons. The van der Waals surface area contributed by atoms with Gasteiger partial charge in [-0.15, -0.1) is 0 Å². The number of carboxylic acids is 1. The molecule has 0 aliphatic heterocycles. The van der Waals surface area contributed by atoms with Crippen LogP contribution in [0.25, 0.3) is 0 Å². The van der Waals surface area contributed by atoms with Gasteiger partial charge in [0.15, 0.2) is 0 Å². The number of hydrogen-bond donors (Lipinski definition) is 1. The fourth-order valence-corrected chi connectivity index (χ4v) is 3.37. The van der Waals surface area contributed by atoms with E-state index in [1.807, 2.05) is 0 Å². The van der Waals surface area contributed by atoms with Crippen molar-refractivity contribution in [2.75, 3.05) is 0 Å². The maximum atomic E-state index is 13.9. The highest BCUT2D eigenvalue weighted by Gasteiger charge is 2.37. The van der Waals surface area contributed by atoms with E-state index in [9.17, 15) is 18.7 Å². The molecule has 0 saturated heterocycles. The van der Waals surface area contributed by atoms with Gasteiger partial charge in [0.2, 0.25) is 0 Å². The number of hydrogen-bond acceptors (Lipinski definition) is 1. The minimum atomic E-state index is -0.909. The van der Waals surface area contributed by atoms with Crippen molar-refractivity contribution in [2.24, 2.45) is 11.8 Å². The first-order valence-corrected chi connectivity index (χ1v) is 7.20. The molecule has 2 rings (SSSR count). The van der Waals surface area contributed by atoms with E-state index in [4.69, 9.17) is 0 Å². The van der Waals surface area contributed by atoms with E-state index < -0.39 is 29.4 Å². The molecular weight excluding hydrogens is 262 g/mol. The van der Waals surface area contributed by atoms with Crippen LogP contribution in [0.1, 0.15) is 50.5 Å². The lowest BCUT2D eigenvalue weighted by molar-refractivity contribution is -0.144. The van der Waals surface area contributed by atoms with Crippen molar-refractivity contribution >= 4 is 5.97 Å². The van der Waals surface area contributed by atoms with E-state index in [2.05, 4.69) is 6.92 Å². The van der Waals surface area contributed by atoms with E-state index in [0.717, 1.165) is 37.5 Å². The quantitative estimate of drug-likeness (QED) is 0.891. The minimum Gasteiger partial charge on any atom is -0.481 e. The molecule has 20 heavy (non-hydrogen) atoms. The third-order valence-corrected chi connectivity index (χ3v) is 4.33. The smallest absolute Gasteiger partial charge is 0.307 e. The molecule has 4 heteroatoms. The summed E-state index contributed by atoms with van der Waals surface area (Å²) in [5.74, 6) is -2.55. The topological polar surface area (TPSA) is 37.3 Å². The Bertz CT molecular complexity index is 487. The van der Waals surface area contributed by atoms with Gasteiger partial charge in [-0.25, -0.2) is 8.78 Å². The molecule has 1 aliphatic carbocycles. The third-order valence-electron chi connectivity index (χ3n) is 4.33. The maximum absolute atomic E-state index is 13.9. The molecule has 0 radical (unpaired) electrons. The van der Waals surface area contributed by atoms with Gasteiger partial charge in [0.25, 0.3) is 0 Å². The van der Waals surface area contributed by atoms with Crippen molar-refractivity contribution in [2.45, 2.75) is 44.9 Å². The highest BCUT2D eigenvalue weighted by atomic mass is 19.1. The Labute approximate surface area is 117 Å². The fourth-order valence-electron chi connectivity index (χ4n) is 3.37. The summed E-state index contributed by atoms with van der Waals surface area (Å²) < 4.78 is 27.3. The van der Waals surface area contributed by atoms with Crippen LogP contribution >= 0.6 is 0 Å². The van der Waals surface area contributed by atoms with Gasteiger partial charge in [-0.2, -0.15) is 0 Å². The fraction of sp³-hybridized carbons (Fsp3) is 0.562. The molecule has 1 fully saturated rings. The Morgan fingerprint density at radius 3 is 2.75 bits per heavy atom. The highest BCUT2D eigenvalue weighted by Crippen LogP contribution is 2.43. The van der Waals surface area contributed by atoms with Gasteiger partial charge < -0.3 is 5.11 Å². The predicted octanol–water partition coefficient (Wildman–Crippen LogP) is 4.35. The number of carboxylic acid groups (broad SMARTS) is 1. The second-order valence-electron chi connectivity index (χ2n) is 5.68. The Kier molecular flexibility index (Phi) is 4.73. The standard InChI is InChI=1S/C16H20F2O2/c1-2-3-10-4-6-12(16(19)20)13(8-10)14-9-11(17)5-7-15(14)18/h5,7,9-10,12-13H,2-4,6,8H2,1H3,(H,19,20). The Morgan fingerprint density at radius 1 is 1.35 bits per heavy atom. The number of halogens is 2. The number of carbonyl (C=O) groups is 1. The van der Waals surface area contributed by atoms with Crippen LogP contribution in [0.15, 0.2) is 18.2 Å². The molecule has 0 spiro atoms. The van der Waals surface area contributed by atoms with Gasteiger partial charge >= 0.3 is 5.97 Å². The highest BCUT2D eigenvalue weighted by molar-refractivity contribution is 5.71. The van der Waals surface area contributed by atoms with Gasteiger partial charge in [-0.3, -0.25) is 4.79 Å². The van der Waals surface area contributed by atoms with Crippen molar-refractivity contribution in [3.8, 4) is 0 Å². The first kappa shape index (κ1) is 14.9. The molecular formula is C16H20F2O2. The van der Waals surface area contributed by atoms with Crippen molar-refractivity contribution < 1.29 is 18.7 Å². The predicted molar refractivity (Wildman–Crippen MR) is 72.5 cm³/mol. The average molecular weight is 282 g/mol. The molecule has 3 atom stereocenters. The van der Waals surface area contributed by atoms with Crippen molar-refractivity contribution in [3.63, 3.8) is 0 Å². The lowest BCUT2D eigenvalue weighted by atomic mass is 9.70. The van der Waals surface area contributed by atoms with Crippen LogP contribution < -0.4 is 0 Å². The molecule has 1 aromatic rings. The molecule has 0 amide bonds. The first-order chi connectivity index (χ1) is 9.52. The zero-order chi connectivity index (χ0) is 14.7. The summed E-state index contributed by atoms with van der Waals surface area (Å²) in [4.78, 5) is 11.4. The number of rotatable bonds is 4. The van der Waals surface area contributed by atoms with Crippen LogP contribution in [0, 0.1) is 23.5 Å². The number of benzene rings is 1. The minimum absolute atomic E-state index is 0.221. The summed E-state index contributed by atoms with van der Waals surface area (Å²) in [7, 11) is 0. The first-order valence-electron chi connectivity index (χ1n) is 7.20. The van der Waals surface area contributed by atoms with E-state index in [1.54, 1.807) is 0 Å². The van der Waals surface area contributed by atoms with Crippen molar-refractivity contribution in [1.82, 2.24) is 0 Å². The Hall–Kier alpha value is -1.45. The molecule has 2 nitrogen and oxygen atoms in total. The summed E-state index contributed by atoms with van der Waals surface area (Å²) in [6.45, 7) is 2.08. The Morgan fingerprint density at radius 2 is 2.10 bits per heavy atom. The molecule has 1 aromatic carbocycles. The van der Waals surface area contributed by atoms with Crippen LogP contribution in [0.3, 0.4) is 0 Å². The van der Waals surface area contributed by atoms with E-state index in [1.165, 1.54) is 0 Å². The zero-order valence-electron chi connectivity index (χ0n) is 11.6. The van der Waals surface area contributed by atoms with Gasteiger partial charge in [-0.05, 0) is 48.9 Å². The maximum Gasteiger partial charge on any atom is 0.307 e. The summed E-state index contributed by atoms with van der Waals surface area (Å²) in [6, 6.07) is 3.32. The van der Waals surface area contributed by atoms with Crippen LogP contribution in [0.4, 0.5) is 8.78 Å². The van der Waals surface area contributed by atoms with E-state index >= 15 is 0 Å². The molecule has 1 aliphatic rings. The molecule has 1 N–H and O–H groups in total. The molecule has 0 bridgehead atoms. The second-order valence-corrected chi connectivity index (χ2v) is 5.68. The summed E-state index contributed by atoms with van der Waals surface area (Å²) in [6.07, 6.45) is 4.07. The molecule has 3 unspecified atom stereocenters. The number of aliphatic carboxylic acids is 1. The van der Waals surface area contributed by atoms with Crippen LogP contribution in [-0.4, -0.2) is 11.1 Å². The van der Waals surface area contributed by atoms with Gasteiger partial charge in [0, 0.05) is 5.92 Å². The molecule has 0 heterocycles. The van der Waals surface area contributed by atoms with Gasteiger partial charge in [0.1, 0.15) is 11.6 Å². The lowest BCUT2D eigenvalue weighted by Gasteiger charge is -2.34. The van der Waals surface area contributed by atoms with Crippen molar-refractivity contribution in [3.05, 3.63) is 35.4 Å². The SMILES string of the molecule is CCCC1CCC(C(=O)O)C(c2cc(F)ccc2F)C1. The van der Waals surface area contributed by atoms with Gasteiger partial charge in [0.05, 0.1) is 5.92 Å². The van der Waals surface area contributed by atoms with Crippen LogP contribution in [-0.2, 0) is 4.79 Å². The van der Waals surface area contributed by atoms with Crippen LogP contribution in [0.2, 0.25) is 0 Å². The van der Waals surface area contributed by atoms with Crippen LogP contribution in [0.5, 0.6) is 0 Å². The summed E-state index contributed by atoms with van der Waals surface area (Å²) in [5.41, 5.74) is 0.221.